The Balaban J connectivity index is 1.93. The Morgan fingerprint density at radius 3 is 2.92 bits per heavy atom. The van der Waals surface area contributed by atoms with Crippen molar-refractivity contribution in [1.82, 2.24) is 15.5 Å². The summed E-state index contributed by atoms with van der Waals surface area (Å²) in [7, 11) is 0. The van der Waals surface area contributed by atoms with Gasteiger partial charge in [0.05, 0.1) is 0 Å². The highest BCUT2D eigenvalue weighted by molar-refractivity contribution is 5.76. The summed E-state index contributed by atoms with van der Waals surface area (Å²) in [5, 5.41) is 6.14. The average Bonchev–Trinajstić information content (AvgIpc) is 2.53. The molecule has 1 atom stereocenters. The molecule has 0 spiro atoms. The Bertz CT molecular complexity index is 177. The molecule has 0 aliphatic carbocycles. The Kier molecular flexibility index (Phi) is 2.17. The Hall–Kier alpha value is -0.770. The van der Waals surface area contributed by atoms with Crippen LogP contribution in [-0.2, 0) is 0 Å². The molecule has 2 N–H and O–H groups in total. The number of carbonyl (C=O) groups excluding carboxylic acids is 1. The highest BCUT2D eigenvalue weighted by Gasteiger charge is 2.28. The van der Waals surface area contributed by atoms with Gasteiger partial charge in [-0.2, -0.15) is 0 Å². The van der Waals surface area contributed by atoms with Gasteiger partial charge in [0.15, 0.2) is 0 Å². The average molecular weight is 169 g/mol. The second-order valence-corrected chi connectivity index (χ2v) is 3.43. The van der Waals surface area contributed by atoms with Gasteiger partial charge in [-0.1, -0.05) is 0 Å². The van der Waals surface area contributed by atoms with Gasteiger partial charge in [0.2, 0.25) is 0 Å². The first-order chi connectivity index (χ1) is 5.88. The van der Waals surface area contributed by atoms with Crippen LogP contribution >= 0.6 is 0 Å². The zero-order chi connectivity index (χ0) is 8.39. The number of rotatable bonds is 1. The lowest BCUT2D eigenvalue weighted by Crippen LogP contribution is -2.47. The summed E-state index contributed by atoms with van der Waals surface area (Å²) in [4.78, 5) is 13.2. The summed E-state index contributed by atoms with van der Waals surface area (Å²) in [5.41, 5.74) is 0. The molecular formula is C8H15N3O. The normalized spacial score (nSPS) is 30.5. The molecule has 0 radical (unpaired) electrons. The van der Waals surface area contributed by atoms with Crippen LogP contribution in [0.4, 0.5) is 4.79 Å². The first kappa shape index (κ1) is 7.86. The molecule has 2 fully saturated rings. The molecule has 2 heterocycles. The highest BCUT2D eigenvalue weighted by atomic mass is 16.2. The van der Waals surface area contributed by atoms with Gasteiger partial charge < -0.3 is 15.5 Å². The monoisotopic (exact) mass is 169 g/mol. The van der Waals surface area contributed by atoms with Crippen molar-refractivity contribution in [2.45, 2.75) is 18.9 Å². The van der Waals surface area contributed by atoms with E-state index in [-0.39, 0.29) is 6.03 Å². The molecule has 68 valence electrons. The summed E-state index contributed by atoms with van der Waals surface area (Å²) in [6, 6.07) is 0.546. The molecule has 2 aliphatic heterocycles. The SMILES string of the molecule is O=C1NCCN1[C@H]1CCCNC1. The van der Waals surface area contributed by atoms with Crippen LogP contribution in [0.1, 0.15) is 12.8 Å². The molecule has 0 bridgehead atoms. The second kappa shape index (κ2) is 3.31. The maximum Gasteiger partial charge on any atom is 0.317 e. The Morgan fingerprint density at radius 1 is 1.42 bits per heavy atom. The first-order valence-electron chi connectivity index (χ1n) is 4.63. The van der Waals surface area contributed by atoms with Gasteiger partial charge in [-0.25, -0.2) is 4.79 Å². The molecule has 0 aromatic rings. The van der Waals surface area contributed by atoms with E-state index in [0.29, 0.717) is 6.04 Å². The molecule has 4 nitrogen and oxygen atoms in total. The molecule has 0 unspecified atom stereocenters. The van der Waals surface area contributed by atoms with Gasteiger partial charge in [-0.15, -0.1) is 0 Å². The third-order valence-electron chi connectivity index (χ3n) is 2.60. The van der Waals surface area contributed by atoms with Crippen LogP contribution in [0.5, 0.6) is 0 Å². The predicted molar refractivity (Wildman–Crippen MR) is 46.0 cm³/mol. The predicted octanol–water partition coefficient (Wildman–Crippen LogP) is -0.236. The summed E-state index contributed by atoms with van der Waals surface area (Å²) < 4.78 is 0. The van der Waals surface area contributed by atoms with Crippen molar-refractivity contribution in [1.29, 1.82) is 0 Å². The lowest BCUT2D eigenvalue weighted by atomic mass is 10.1. The first-order valence-corrected chi connectivity index (χ1v) is 4.63. The molecule has 0 aromatic carbocycles. The molecule has 12 heavy (non-hydrogen) atoms. The zero-order valence-corrected chi connectivity index (χ0v) is 7.18. The molecular weight excluding hydrogens is 154 g/mol. The minimum absolute atomic E-state index is 0.115. The lowest BCUT2D eigenvalue weighted by molar-refractivity contribution is 0.185. The zero-order valence-electron chi connectivity index (χ0n) is 7.18. The molecule has 2 saturated heterocycles. The highest BCUT2D eigenvalue weighted by Crippen LogP contribution is 2.12. The fourth-order valence-electron chi connectivity index (χ4n) is 1.93. The van der Waals surface area contributed by atoms with Gasteiger partial charge in [0.25, 0.3) is 0 Å². The smallest absolute Gasteiger partial charge is 0.317 e. The van der Waals surface area contributed by atoms with Crippen LogP contribution < -0.4 is 10.6 Å². The van der Waals surface area contributed by atoms with E-state index in [4.69, 9.17) is 0 Å². The number of hydrogen-bond acceptors (Lipinski definition) is 2. The van der Waals surface area contributed by atoms with E-state index in [1.807, 2.05) is 4.90 Å². The topological polar surface area (TPSA) is 44.4 Å². The van der Waals surface area contributed by atoms with E-state index < -0.39 is 0 Å². The van der Waals surface area contributed by atoms with E-state index in [1.54, 1.807) is 0 Å². The maximum absolute atomic E-state index is 11.3. The van der Waals surface area contributed by atoms with Crippen molar-refractivity contribution in [3.05, 3.63) is 0 Å². The summed E-state index contributed by atoms with van der Waals surface area (Å²) in [6.07, 6.45) is 2.34. The molecule has 0 saturated carbocycles. The van der Waals surface area contributed by atoms with Crippen molar-refractivity contribution < 1.29 is 4.79 Å². The number of nitrogens with one attached hydrogen (secondary N) is 2. The van der Waals surface area contributed by atoms with E-state index in [2.05, 4.69) is 10.6 Å². The quantitative estimate of drug-likeness (QED) is 0.569. The van der Waals surface area contributed by atoms with E-state index in [9.17, 15) is 4.79 Å². The Morgan fingerprint density at radius 2 is 2.33 bits per heavy atom. The number of nitrogens with zero attached hydrogens (tertiary/aromatic N) is 1. The van der Waals surface area contributed by atoms with Gasteiger partial charge in [-0.3, -0.25) is 0 Å². The van der Waals surface area contributed by atoms with Crippen molar-refractivity contribution in [3.8, 4) is 0 Å². The minimum Gasteiger partial charge on any atom is -0.336 e. The van der Waals surface area contributed by atoms with E-state index >= 15 is 0 Å². The molecule has 2 rings (SSSR count). The standard InChI is InChI=1S/C8H15N3O/c12-8-10-4-5-11(8)7-2-1-3-9-6-7/h7,9H,1-6H2,(H,10,12)/t7-/m0/s1. The minimum atomic E-state index is 0.115. The fraction of sp³-hybridized carbons (Fsp3) is 0.875. The van der Waals surface area contributed by atoms with Gasteiger partial charge >= 0.3 is 6.03 Å². The van der Waals surface area contributed by atoms with Crippen LogP contribution in [-0.4, -0.2) is 43.2 Å². The van der Waals surface area contributed by atoms with Crippen LogP contribution in [0.15, 0.2) is 0 Å². The molecule has 2 amide bonds. The fourth-order valence-corrected chi connectivity index (χ4v) is 1.93. The largest absolute Gasteiger partial charge is 0.336 e. The number of amides is 2. The van der Waals surface area contributed by atoms with Crippen molar-refractivity contribution >= 4 is 6.03 Å². The van der Waals surface area contributed by atoms with Crippen LogP contribution in [0.2, 0.25) is 0 Å². The number of piperidine rings is 1. The van der Waals surface area contributed by atoms with Gasteiger partial charge in [0, 0.05) is 25.7 Å². The van der Waals surface area contributed by atoms with Crippen LogP contribution in [0.3, 0.4) is 0 Å². The lowest BCUT2D eigenvalue weighted by Gasteiger charge is -2.30. The third-order valence-corrected chi connectivity index (χ3v) is 2.60. The Labute approximate surface area is 72.3 Å². The third kappa shape index (κ3) is 1.39. The summed E-state index contributed by atoms with van der Waals surface area (Å²) >= 11 is 0. The summed E-state index contributed by atoms with van der Waals surface area (Å²) in [6.45, 7) is 3.76. The van der Waals surface area contributed by atoms with Gasteiger partial charge in [0.1, 0.15) is 0 Å². The maximum atomic E-state index is 11.3. The molecule has 4 heteroatoms. The number of hydrogen-bond donors (Lipinski definition) is 2. The summed E-state index contributed by atoms with van der Waals surface area (Å²) in [5.74, 6) is 0. The van der Waals surface area contributed by atoms with Gasteiger partial charge in [-0.05, 0) is 19.4 Å². The van der Waals surface area contributed by atoms with E-state index in [1.165, 1.54) is 6.42 Å². The second-order valence-electron chi connectivity index (χ2n) is 3.43. The number of urea groups is 1. The molecule has 2 aliphatic rings. The number of carbonyl (C=O) groups is 1. The molecule has 0 aromatic heterocycles. The van der Waals surface area contributed by atoms with Crippen molar-refractivity contribution in [2.75, 3.05) is 26.2 Å². The van der Waals surface area contributed by atoms with Crippen molar-refractivity contribution in [3.63, 3.8) is 0 Å². The van der Waals surface area contributed by atoms with E-state index in [0.717, 1.165) is 32.6 Å². The van der Waals surface area contributed by atoms with Crippen molar-refractivity contribution in [2.24, 2.45) is 0 Å². The van der Waals surface area contributed by atoms with Crippen LogP contribution in [0.25, 0.3) is 0 Å². The van der Waals surface area contributed by atoms with Crippen LogP contribution in [0, 0.1) is 0 Å².